The van der Waals surface area contributed by atoms with Crippen LogP contribution in [0.25, 0.3) is 17.1 Å². The van der Waals surface area contributed by atoms with Gasteiger partial charge in [-0.05, 0) is 17.7 Å². The van der Waals surface area contributed by atoms with E-state index in [4.69, 9.17) is 0 Å². The number of non-ortho nitro benzene ring substituents is 1. The fourth-order valence-electron chi connectivity index (χ4n) is 3.24. The molecular weight excluding hydrogens is 438 g/mol. The number of thioether (sulfide) groups is 1. The van der Waals surface area contributed by atoms with E-state index in [-0.39, 0.29) is 11.6 Å². The molecule has 0 aliphatic heterocycles. The van der Waals surface area contributed by atoms with Gasteiger partial charge in [0.05, 0.1) is 4.92 Å². The highest BCUT2D eigenvalue weighted by Gasteiger charge is 2.18. The van der Waals surface area contributed by atoms with Crippen LogP contribution in [-0.2, 0) is 11.3 Å². The number of benzene rings is 3. The lowest BCUT2D eigenvalue weighted by Crippen LogP contribution is -2.23. The van der Waals surface area contributed by atoms with Crippen LogP contribution in [0.1, 0.15) is 12.0 Å². The molecule has 1 heterocycles. The minimum absolute atomic E-state index is 0.0144. The van der Waals surface area contributed by atoms with Crippen LogP contribution in [0.4, 0.5) is 5.69 Å². The molecule has 0 saturated heterocycles. The average Bonchev–Trinajstić information content (AvgIpc) is 3.28. The summed E-state index contributed by atoms with van der Waals surface area (Å²) >= 11 is 1.41. The summed E-state index contributed by atoms with van der Waals surface area (Å²) < 4.78 is 1.85. The van der Waals surface area contributed by atoms with Gasteiger partial charge in [-0.3, -0.25) is 19.5 Å². The molecule has 8 nitrogen and oxygen atoms in total. The van der Waals surface area contributed by atoms with Gasteiger partial charge in [0.1, 0.15) is 0 Å². The number of carbonyl (C=O) groups excluding carboxylic acids is 1. The fourth-order valence-corrected chi connectivity index (χ4v) is 4.13. The van der Waals surface area contributed by atoms with E-state index in [0.29, 0.717) is 35.3 Å². The van der Waals surface area contributed by atoms with E-state index in [2.05, 4.69) is 15.5 Å². The van der Waals surface area contributed by atoms with Crippen molar-refractivity contribution in [1.29, 1.82) is 0 Å². The van der Waals surface area contributed by atoms with E-state index in [0.717, 1.165) is 11.3 Å². The summed E-state index contributed by atoms with van der Waals surface area (Å²) in [6.45, 7) is 0.488. The van der Waals surface area contributed by atoms with Crippen molar-refractivity contribution in [3.8, 4) is 17.1 Å². The molecule has 0 radical (unpaired) electrons. The Balaban J connectivity index is 1.50. The monoisotopic (exact) mass is 459 g/mol. The first-order valence-corrected chi connectivity index (χ1v) is 11.3. The second kappa shape index (κ2) is 10.6. The van der Waals surface area contributed by atoms with E-state index in [1.165, 1.54) is 23.9 Å². The first-order valence-electron chi connectivity index (χ1n) is 10.3. The molecule has 0 aliphatic rings. The molecule has 0 spiro atoms. The average molecular weight is 460 g/mol. The van der Waals surface area contributed by atoms with Crippen molar-refractivity contribution >= 4 is 23.4 Å². The van der Waals surface area contributed by atoms with E-state index in [1.807, 2.05) is 65.2 Å². The van der Waals surface area contributed by atoms with Crippen molar-refractivity contribution in [2.45, 2.75) is 18.1 Å². The van der Waals surface area contributed by atoms with Gasteiger partial charge in [0.2, 0.25) is 5.91 Å². The number of hydrogen-bond acceptors (Lipinski definition) is 6. The minimum atomic E-state index is -0.434. The van der Waals surface area contributed by atoms with E-state index < -0.39 is 4.92 Å². The van der Waals surface area contributed by atoms with E-state index in [1.54, 1.807) is 12.1 Å². The molecular formula is C24H21N5O3S. The smallest absolute Gasteiger partial charge is 0.270 e. The Morgan fingerprint density at radius 3 is 2.42 bits per heavy atom. The van der Waals surface area contributed by atoms with Crippen LogP contribution in [0, 0.1) is 10.1 Å². The third-order valence-corrected chi connectivity index (χ3v) is 5.79. The molecule has 1 aromatic heterocycles. The van der Waals surface area contributed by atoms with Crippen LogP contribution in [0.15, 0.2) is 90.1 Å². The molecule has 4 rings (SSSR count). The SMILES string of the molecule is O=C(CCSc1nnc(-c2cccc([N+](=O)[O-])c2)n1-c1ccccc1)NCc1ccccc1. The molecule has 0 unspecified atom stereocenters. The molecule has 4 aromatic rings. The first kappa shape index (κ1) is 22.2. The zero-order valence-corrected chi connectivity index (χ0v) is 18.4. The van der Waals surface area contributed by atoms with Gasteiger partial charge in [-0.1, -0.05) is 72.4 Å². The van der Waals surface area contributed by atoms with Gasteiger partial charge in [-0.15, -0.1) is 10.2 Å². The lowest BCUT2D eigenvalue weighted by Gasteiger charge is -2.10. The van der Waals surface area contributed by atoms with Gasteiger partial charge in [0.15, 0.2) is 11.0 Å². The largest absolute Gasteiger partial charge is 0.352 e. The molecule has 0 atom stereocenters. The summed E-state index contributed by atoms with van der Waals surface area (Å²) in [5, 5.41) is 23.4. The number of nitro benzene ring substituents is 1. The van der Waals surface area contributed by atoms with Crippen LogP contribution in [-0.4, -0.2) is 31.3 Å². The highest BCUT2D eigenvalue weighted by molar-refractivity contribution is 7.99. The van der Waals surface area contributed by atoms with E-state index >= 15 is 0 Å². The fraction of sp³-hybridized carbons (Fsp3) is 0.125. The summed E-state index contributed by atoms with van der Waals surface area (Å²) in [4.78, 5) is 23.0. The summed E-state index contributed by atoms with van der Waals surface area (Å²) in [5.74, 6) is 0.970. The maximum absolute atomic E-state index is 12.3. The minimum Gasteiger partial charge on any atom is -0.352 e. The quantitative estimate of drug-likeness (QED) is 0.222. The number of hydrogen-bond donors (Lipinski definition) is 1. The number of carbonyl (C=O) groups is 1. The third-order valence-electron chi connectivity index (χ3n) is 4.86. The predicted octanol–water partition coefficient (Wildman–Crippen LogP) is 4.64. The number of para-hydroxylation sites is 1. The number of rotatable bonds is 9. The Hall–Kier alpha value is -3.98. The Kier molecular flexibility index (Phi) is 7.11. The van der Waals surface area contributed by atoms with Crippen LogP contribution in [0.3, 0.4) is 0 Å². The van der Waals surface area contributed by atoms with Crippen molar-refractivity contribution in [2.75, 3.05) is 5.75 Å². The molecule has 0 aliphatic carbocycles. The van der Waals surface area contributed by atoms with Crippen LogP contribution >= 0.6 is 11.8 Å². The number of nitrogens with zero attached hydrogens (tertiary/aromatic N) is 4. The van der Waals surface area contributed by atoms with Crippen LogP contribution < -0.4 is 5.32 Å². The highest BCUT2D eigenvalue weighted by Crippen LogP contribution is 2.29. The Labute approximate surface area is 194 Å². The summed E-state index contributed by atoms with van der Waals surface area (Å²) in [6.07, 6.45) is 0.325. The molecule has 3 aromatic carbocycles. The zero-order chi connectivity index (χ0) is 23.0. The molecule has 1 amide bonds. The number of amides is 1. The van der Waals surface area contributed by atoms with E-state index in [9.17, 15) is 14.9 Å². The third kappa shape index (κ3) is 5.64. The van der Waals surface area contributed by atoms with Crippen molar-refractivity contribution in [3.63, 3.8) is 0 Å². The number of nitro groups is 1. The Bertz CT molecular complexity index is 1250. The summed E-state index contributed by atoms with van der Waals surface area (Å²) in [7, 11) is 0. The van der Waals surface area contributed by atoms with Gasteiger partial charge in [-0.25, -0.2) is 0 Å². The van der Waals surface area contributed by atoms with Crippen molar-refractivity contribution < 1.29 is 9.72 Å². The lowest BCUT2D eigenvalue weighted by atomic mass is 10.2. The van der Waals surface area contributed by atoms with Crippen molar-refractivity contribution in [3.05, 3.63) is 101 Å². The molecule has 0 bridgehead atoms. The second-order valence-corrected chi connectivity index (χ2v) is 8.21. The van der Waals surface area contributed by atoms with Gasteiger partial charge in [-0.2, -0.15) is 0 Å². The van der Waals surface area contributed by atoms with Gasteiger partial charge < -0.3 is 5.32 Å². The number of aromatic nitrogens is 3. The first-order chi connectivity index (χ1) is 16.1. The molecule has 0 fully saturated rings. The lowest BCUT2D eigenvalue weighted by molar-refractivity contribution is -0.384. The van der Waals surface area contributed by atoms with Crippen molar-refractivity contribution in [2.24, 2.45) is 0 Å². The Morgan fingerprint density at radius 1 is 0.970 bits per heavy atom. The molecule has 33 heavy (non-hydrogen) atoms. The summed E-state index contributed by atoms with van der Waals surface area (Å²) in [5.41, 5.74) is 2.45. The molecule has 166 valence electrons. The van der Waals surface area contributed by atoms with Gasteiger partial charge in [0.25, 0.3) is 5.69 Å². The zero-order valence-electron chi connectivity index (χ0n) is 17.6. The highest BCUT2D eigenvalue weighted by atomic mass is 32.2. The normalized spacial score (nSPS) is 10.7. The maximum Gasteiger partial charge on any atom is 0.270 e. The standard InChI is InChI=1S/C24H21N5O3S/c30-22(25-17-18-8-3-1-4-9-18)14-15-33-24-27-26-23(28(24)20-11-5-2-6-12-20)19-10-7-13-21(16-19)29(31)32/h1-13,16H,14-15,17H2,(H,25,30). The summed E-state index contributed by atoms with van der Waals surface area (Å²) in [6, 6.07) is 25.6. The van der Waals surface area contributed by atoms with Crippen molar-refractivity contribution in [1.82, 2.24) is 20.1 Å². The molecule has 0 saturated carbocycles. The number of nitrogens with one attached hydrogen (secondary N) is 1. The maximum atomic E-state index is 12.3. The Morgan fingerprint density at radius 2 is 1.70 bits per heavy atom. The molecule has 9 heteroatoms. The molecule has 1 N–H and O–H groups in total. The van der Waals surface area contributed by atoms with Gasteiger partial charge in [0, 0.05) is 42.1 Å². The van der Waals surface area contributed by atoms with Crippen LogP contribution in [0.2, 0.25) is 0 Å². The van der Waals surface area contributed by atoms with Crippen LogP contribution in [0.5, 0.6) is 0 Å². The predicted molar refractivity (Wildman–Crippen MR) is 127 cm³/mol. The van der Waals surface area contributed by atoms with Gasteiger partial charge >= 0.3 is 0 Å². The second-order valence-electron chi connectivity index (χ2n) is 7.15. The topological polar surface area (TPSA) is 103 Å².